The molecule has 0 spiro atoms. The van der Waals surface area contributed by atoms with Crippen molar-refractivity contribution in [2.24, 2.45) is 5.92 Å². The van der Waals surface area contributed by atoms with E-state index in [1.165, 1.54) is 6.08 Å². The quantitative estimate of drug-likeness (QED) is 0.0356. The van der Waals surface area contributed by atoms with E-state index in [1.54, 1.807) is 17.0 Å². The van der Waals surface area contributed by atoms with E-state index in [1.807, 2.05) is 110 Å². The minimum Gasteiger partial charge on any atom is -0.457 e. The molecule has 0 radical (unpaired) electrons. The van der Waals surface area contributed by atoms with Crippen LogP contribution >= 0.6 is 6.89 Å². The van der Waals surface area contributed by atoms with Gasteiger partial charge in [-0.3, -0.25) is 9.59 Å². The molecule has 5 rings (SSSR count). The van der Waals surface area contributed by atoms with E-state index < -0.39 is 39.2 Å². The molecule has 1 aliphatic heterocycles. The van der Waals surface area contributed by atoms with Crippen molar-refractivity contribution < 1.29 is 28.7 Å². The van der Waals surface area contributed by atoms with Crippen LogP contribution < -0.4 is 15.9 Å². The average molecular weight is 750 g/mol. The Labute approximate surface area is 315 Å². The highest BCUT2D eigenvalue weighted by molar-refractivity contribution is 7.96. The third-order valence-corrected chi connectivity index (χ3v) is 19.4. The number of ether oxygens (including phenoxy) is 1. The molecule has 1 heterocycles. The molecule has 0 aromatic heterocycles. The van der Waals surface area contributed by atoms with Crippen LogP contribution in [0.25, 0.3) is 0 Å². The molecule has 1 fully saturated rings. The summed E-state index contributed by atoms with van der Waals surface area (Å²) < 4.78 is 12.8. The zero-order valence-electron chi connectivity index (χ0n) is 31.7. The maximum Gasteiger partial charge on any atom is 0.356 e. The number of nitrogens with zero attached hydrogens (tertiary/aromatic N) is 1. The van der Waals surface area contributed by atoms with Gasteiger partial charge in [0.25, 0.3) is 0 Å². The van der Waals surface area contributed by atoms with Gasteiger partial charge in [0.2, 0.25) is 5.91 Å². The van der Waals surface area contributed by atoms with E-state index in [0.29, 0.717) is 12.0 Å². The second-order valence-corrected chi connectivity index (χ2v) is 23.1. The number of carbonyl (C=O) groups excluding carboxylic acids is 3. The lowest BCUT2D eigenvalue weighted by molar-refractivity contribution is -0.156. The highest BCUT2D eigenvalue weighted by Crippen LogP contribution is 2.50. The van der Waals surface area contributed by atoms with E-state index in [0.717, 1.165) is 21.5 Å². The standard InChI is InChI=1S/C44H52NO6PSi/c1-8-30-50-43(49)42(52(35-18-12-9-13-19-35,36-20-14-10-15-21-36)37-22-16-11-17-23-37)45-38(31-39(47)34-26-24-33(25-27-34)28-29-46)40(41(45)48)32(2)51-53(6,7)44(3,4)5/h8-27,32,38,40,46H,1,28-31H2,2-7H3/t32-,38+,40+/m0/s1. The summed E-state index contributed by atoms with van der Waals surface area (Å²) in [4.78, 5) is 45.8. The van der Waals surface area contributed by atoms with Gasteiger partial charge < -0.3 is 19.2 Å². The Balaban J connectivity index is 1.81. The third kappa shape index (κ3) is 8.12. The largest absolute Gasteiger partial charge is 0.457 e. The molecular formula is C44H52NO6PSi. The lowest BCUT2D eigenvalue weighted by Gasteiger charge is -2.53. The van der Waals surface area contributed by atoms with Gasteiger partial charge in [-0.1, -0.05) is 149 Å². The van der Waals surface area contributed by atoms with Gasteiger partial charge in [-0.2, -0.15) is 0 Å². The lowest BCUT2D eigenvalue weighted by Crippen LogP contribution is -2.69. The number of esters is 1. The van der Waals surface area contributed by atoms with Crippen LogP contribution in [0.1, 0.15) is 50.0 Å². The number of β-lactam (4-membered cyclic amide) rings is 1. The Morgan fingerprint density at radius 2 is 1.36 bits per heavy atom. The van der Waals surface area contributed by atoms with Crippen molar-refractivity contribution >= 4 is 54.2 Å². The SMILES string of the molecule is C=CCOC(=O)C(N1C(=O)[C@H]([C@H](C)O[Si](C)(C)C(C)(C)C)[C@H]1CC(=O)c1ccc(CCO)cc1)=P(c1ccccc1)(c1ccccc1)c1ccccc1. The molecule has 1 saturated heterocycles. The van der Waals surface area contributed by atoms with Crippen LogP contribution in [0.5, 0.6) is 0 Å². The fourth-order valence-electron chi connectivity index (χ4n) is 6.93. The smallest absolute Gasteiger partial charge is 0.356 e. The zero-order valence-corrected chi connectivity index (χ0v) is 33.6. The summed E-state index contributed by atoms with van der Waals surface area (Å²) in [6.45, 7) is 13.3. The Morgan fingerprint density at radius 1 is 0.868 bits per heavy atom. The van der Waals surface area contributed by atoms with Crippen molar-refractivity contribution in [2.45, 2.75) is 70.8 Å². The van der Waals surface area contributed by atoms with Crippen molar-refractivity contribution in [3.05, 3.63) is 139 Å². The normalized spacial score (nSPS) is 16.7. The average Bonchev–Trinajstić information content (AvgIpc) is 3.14. The van der Waals surface area contributed by atoms with Crippen molar-refractivity contribution in [3.63, 3.8) is 0 Å². The maximum absolute atomic E-state index is 15.0. The minimum absolute atomic E-state index is 0.00983. The van der Waals surface area contributed by atoms with Gasteiger partial charge in [-0.25, -0.2) is 4.79 Å². The lowest BCUT2D eigenvalue weighted by atomic mass is 9.79. The summed E-state index contributed by atoms with van der Waals surface area (Å²) in [6.07, 6.45) is 1.45. The van der Waals surface area contributed by atoms with Crippen LogP contribution in [0.15, 0.2) is 128 Å². The van der Waals surface area contributed by atoms with E-state index in [4.69, 9.17) is 9.16 Å². The molecule has 0 saturated carbocycles. The predicted octanol–water partition coefficient (Wildman–Crippen LogP) is 6.88. The van der Waals surface area contributed by atoms with Crippen molar-refractivity contribution in [2.75, 3.05) is 13.2 Å². The van der Waals surface area contributed by atoms with Gasteiger partial charge in [0.1, 0.15) is 12.0 Å². The first-order valence-corrected chi connectivity index (χ1v) is 22.9. The van der Waals surface area contributed by atoms with Crippen LogP contribution in [-0.2, 0) is 25.2 Å². The first-order valence-electron chi connectivity index (χ1n) is 18.2. The number of benzene rings is 4. The van der Waals surface area contributed by atoms with Crippen LogP contribution in [0.3, 0.4) is 0 Å². The van der Waals surface area contributed by atoms with Crippen molar-refractivity contribution in [1.82, 2.24) is 4.90 Å². The van der Waals surface area contributed by atoms with E-state index in [2.05, 4.69) is 40.4 Å². The monoisotopic (exact) mass is 749 g/mol. The zero-order chi connectivity index (χ0) is 38.4. The summed E-state index contributed by atoms with van der Waals surface area (Å²) in [5, 5.41) is 11.9. The summed E-state index contributed by atoms with van der Waals surface area (Å²) in [5.74, 6) is -1.75. The fraction of sp³-hybridized carbons (Fsp3) is 0.318. The molecule has 0 unspecified atom stereocenters. The van der Waals surface area contributed by atoms with Gasteiger partial charge in [0.05, 0.1) is 18.1 Å². The minimum atomic E-state index is -3.16. The Morgan fingerprint density at radius 3 is 1.79 bits per heavy atom. The number of likely N-dealkylation sites (tertiary alicyclic amines) is 1. The van der Waals surface area contributed by atoms with Crippen LogP contribution in [0.2, 0.25) is 18.1 Å². The Kier molecular flexibility index (Phi) is 12.6. The van der Waals surface area contributed by atoms with Gasteiger partial charge in [0.15, 0.2) is 14.1 Å². The molecule has 4 aromatic rings. The molecule has 4 aromatic carbocycles. The maximum atomic E-state index is 15.0. The number of hydrogen-bond donors (Lipinski definition) is 1. The predicted molar refractivity (Wildman–Crippen MR) is 219 cm³/mol. The number of aliphatic hydroxyl groups excluding tert-OH is 1. The highest BCUT2D eigenvalue weighted by atomic mass is 31.2. The van der Waals surface area contributed by atoms with E-state index >= 15 is 4.79 Å². The number of carbonyl (C=O) groups is 3. The van der Waals surface area contributed by atoms with E-state index in [-0.39, 0.29) is 41.8 Å². The summed E-state index contributed by atoms with van der Waals surface area (Å²) in [7, 11) is -2.35. The van der Waals surface area contributed by atoms with Gasteiger partial charge >= 0.3 is 5.97 Å². The molecular weight excluding hydrogens is 698 g/mol. The van der Waals surface area contributed by atoms with Crippen molar-refractivity contribution in [1.29, 1.82) is 0 Å². The summed E-state index contributed by atoms with van der Waals surface area (Å²) >= 11 is 0. The number of amides is 1. The molecule has 278 valence electrons. The number of rotatable bonds is 15. The topological polar surface area (TPSA) is 93.1 Å². The van der Waals surface area contributed by atoms with Crippen LogP contribution in [0, 0.1) is 5.92 Å². The highest BCUT2D eigenvalue weighted by Gasteiger charge is 2.57. The number of aliphatic hydroxyl groups is 1. The molecule has 53 heavy (non-hydrogen) atoms. The molecule has 9 heteroatoms. The molecule has 1 amide bonds. The number of ketones is 1. The second-order valence-electron chi connectivity index (χ2n) is 15.1. The van der Waals surface area contributed by atoms with Gasteiger partial charge in [-0.15, -0.1) is 0 Å². The molecule has 1 aliphatic rings. The van der Waals surface area contributed by atoms with Gasteiger partial charge in [-0.05, 0) is 53.0 Å². The second kappa shape index (κ2) is 16.8. The Bertz CT molecular complexity index is 1850. The molecule has 0 bridgehead atoms. The molecule has 3 atom stereocenters. The third-order valence-electron chi connectivity index (χ3n) is 10.6. The van der Waals surface area contributed by atoms with E-state index in [9.17, 15) is 14.7 Å². The molecule has 7 nitrogen and oxygen atoms in total. The summed E-state index contributed by atoms with van der Waals surface area (Å²) in [5.41, 5.74) is 1.64. The number of hydrogen-bond acceptors (Lipinski definition) is 6. The summed E-state index contributed by atoms with van der Waals surface area (Å²) in [6, 6.07) is 36.0. The first kappa shape index (κ1) is 39.9. The molecule has 0 aliphatic carbocycles. The number of Topliss-reactive ketones (excluding diaryl/α,β-unsaturated/α-hetero) is 1. The first-order chi connectivity index (χ1) is 25.3. The van der Waals surface area contributed by atoms with Crippen LogP contribution in [0.4, 0.5) is 0 Å². The Hall–Kier alpha value is -4.33. The van der Waals surface area contributed by atoms with Gasteiger partial charge in [0, 0.05) is 25.5 Å². The van der Waals surface area contributed by atoms with Crippen molar-refractivity contribution in [3.8, 4) is 0 Å². The molecule has 1 N–H and O–H groups in total. The van der Waals surface area contributed by atoms with Crippen LogP contribution in [-0.4, -0.2) is 66.8 Å². The fourth-order valence-corrected chi connectivity index (χ4v) is 12.8.